The van der Waals surface area contributed by atoms with E-state index in [1.54, 1.807) is 19.2 Å². The van der Waals surface area contributed by atoms with Gasteiger partial charge in [0.1, 0.15) is 5.60 Å². The van der Waals surface area contributed by atoms with E-state index in [0.717, 1.165) is 11.3 Å². The zero-order chi connectivity index (χ0) is 24.7. The Hall–Kier alpha value is -2.90. The molecule has 7 nitrogen and oxygen atoms in total. The minimum atomic E-state index is -0.831. The van der Waals surface area contributed by atoms with Crippen molar-refractivity contribution in [3.8, 4) is 0 Å². The molecule has 34 heavy (non-hydrogen) atoms. The summed E-state index contributed by atoms with van der Waals surface area (Å²) in [6.45, 7) is 6.12. The fourth-order valence-corrected chi connectivity index (χ4v) is 4.02. The highest BCUT2D eigenvalue weighted by Crippen LogP contribution is 2.30. The lowest BCUT2D eigenvalue weighted by Gasteiger charge is -2.25. The van der Waals surface area contributed by atoms with Crippen molar-refractivity contribution in [1.29, 1.82) is 0 Å². The van der Waals surface area contributed by atoms with Gasteiger partial charge in [0.15, 0.2) is 11.6 Å². The van der Waals surface area contributed by atoms with Gasteiger partial charge in [0, 0.05) is 30.7 Å². The molecule has 1 fully saturated rings. The molecule has 0 radical (unpaired) electrons. The maximum Gasteiger partial charge on any atom is 0.224 e. The minimum Gasteiger partial charge on any atom is -0.361 e. The Morgan fingerprint density at radius 2 is 1.76 bits per heavy atom. The average Bonchev–Trinajstić information content (AvgIpc) is 3.57. The van der Waals surface area contributed by atoms with Crippen LogP contribution in [-0.2, 0) is 32.0 Å². The quantitative estimate of drug-likeness (QED) is 0.440. The fraction of sp³-hybridized carbons (Fsp3) is 0.481. The highest BCUT2D eigenvalue weighted by atomic mass is 16.6. The number of rotatable bonds is 13. The van der Waals surface area contributed by atoms with Gasteiger partial charge in [0.05, 0.1) is 18.7 Å². The van der Waals surface area contributed by atoms with Crippen LogP contribution in [0.3, 0.4) is 0 Å². The molecule has 0 spiro atoms. The maximum absolute atomic E-state index is 13.4. The van der Waals surface area contributed by atoms with Crippen molar-refractivity contribution in [2.45, 2.75) is 64.1 Å². The van der Waals surface area contributed by atoms with Gasteiger partial charge >= 0.3 is 0 Å². The summed E-state index contributed by atoms with van der Waals surface area (Å²) in [6, 6.07) is 13.6. The monoisotopic (exact) mass is 465 g/mol. The fourth-order valence-electron chi connectivity index (χ4n) is 4.02. The molecule has 1 aromatic heterocycles. The number of benzene rings is 1. The van der Waals surface area contributed by atoms with Crippen molar-refractivity contribution in [2.75, 3.05) is 6.61 Å². The van der Waals surface area contributed by atoms with E-state index in [0.29, 0.717) is 25.9 Å². The molecule has 1 amide bonds. The number of amides is 1. The molecule has 0 bridgehead atoms. The van der Waals surface area contributed by atoms with Crippen molar-refractivity contribution in [3.63, 3.8) is 0 Å². The van der Waals surface area contributed by atoms with Crippen molar-refractivity contribution < 1.29 is 19.1 Å². The number of Topliss-reactive ketones (excluding diaryl/α,β-unsaturated/α-hetero) is 2. The van der Waals surface area contributed by atoms with Crippen LogP contribution in [0.15, 0.2) is 54.7 Å². The number of ketones is 2. The van der Waals surface area contributed by atoms with Gasteiger partial charge < -0.3 is 15.8 Å². The van der Waals surface area contributed by atoms with Crippen LogP contribution in [0.25, 0.3) is 0 Å². The number of carbonyl (C=O) groups is 3. The third-order valence-corrected chi connectivity index (χ3v) is 6.15. The summed E-state index contributed by atoms with van der Waals surface area (Å²) in [7, 11) is 0. The van der Waals surface area contributed by atoms with Crippen molar-refractivity contribution in [2.24, 2.45) is 17.6 Å². The average molecular weight is 466 g/mol. The Bertz CT molecular complexity index is 974. The van der Waals surface area contributed by atoms with E-state index < -0.39 is 23.6 Å². The Morgan fingerprint density at radius 1 is 1.09 bits per heavy atom. The van der Waals surface area contributed by atoms with Crippen LogP contribution in [0.4, 0.5) is 0 Å². The van der Waals surface area contributed by atoms with Gasteiger partial charge in [-0.1, -0.05) is 50.2 Å². The van der Waals surface area contributed by atoms with E-state index in [4.69, 9.17) is 10.5 Å². The van der Waals surface area contributed by atoms with Crippen LogP contribution in [0.1, 0.15) is 44.9 Å². The van der Waals surface area contributed by atoms with Crippen molar-refractivity contribution >= 4 is 17.5 Å². The maximum atomic E-state index is 13.4. The van der Waals surface area contributed by atoms with Gasteiger partial charge in [-0.15, -0.1) is 0 Å². The zero-order valence-electron chi connectivity index (χ0n) is 20.2. The standard InChI is InChI=1S/C27H35N3O4/c1-18(2)13-23(25(32)27(3)17-34-27)30-26(33)20(14-19-9-5-4-6-10-19)15-24(31)22(28)16-21-11-7-8-12-29-21/h4-12,18,20,22-23H,13-17,28H2,1-3H3,(H,30,33)/t20-,22+,23+,27-/m1/s1. The summed E-state index contributed by atoms with van der Waals surface area (Å²) in [4.78, 5) is 43.6. The number of pyridine rings is 1. The third-order valence-electron chi connectivity index (χ3n) is 6.15. The SMILES string of the molecule is CC(C)C[C@H](NC(=O)[C@@H](CC(=O)[C@@H](N)Cc1ccccn1)Cc1ccccc1)C(=O)[C@@]1(C)CO1. The first-order valence-electron chi connectivity index (χ1n) is 11.9. The van der Waals surface area contributed by atoms with Crippen molar-refractivity contribution in [3.05, 3.63) is 66.0 Å². The van der Waals surface area contributed by atoms with Gasteiger partial charge in [-0.2, -0.15) is 0 Å². The third kappa shape index (κ3) is 7.30. The van der Waals surface area contributed by atoms with Crippen LogP contribution >= 0.6 is 0 Å². The second-order valence-corrected chi connectivity index (χ2v) is 9.76. The number of hydrogen-bond donors (Lipinski definition) is 2. The molecule has 0 unspecified atom stereocenters. The normalized spacial score (nSPS) is 19.8. The van der Waals surface area contributed by atoms with Gasteiger partial charge in [-0.25, -0.2) is 0 Å². The molecule has 182 valence electrons. The first-order valence-corrected chi connectivity index (χ1v) is 11.9. The summed E-state index contributed by atoms with van der Waals surface area (Å²) in [6.07, 6.45) is 2.85. The molecule has 1 saturated heterocycles. The smallest absolute Gasteiger partial charge is 0.224 e. The lowest BCUT2D eigenvalue weighted by molar-refractivity contribution is -0.134. The topological polar surface area (TPSA) is 115 Å². The molecule has 0 aliphatic carbocycles. The largest absolute Gasteiger partial charge is 0.361 e. The van der Waals surface area contributed by atoms with E-state index in [-0.39, 0.29) is 29.8 Å². The number of ether oxygens (including phenoxy) is 1. The second kappa shape index (κ2) is 11.5. The van der Waals surface area contributed by atoms with Gasteiger partial charge in [0.2, 0.25) is 5.91 Å². The summed E-state index contributed by atoms with van der Waals surface area (Å²) in [5.41, 5.74) is 7.02. The Kier molecular flexibility index (Phi) is 8.69. The van der Waals surface area contributed by atoms with Crippen LogP contribution in [-0.4, -0.2) is 46.7 Å². The number of carbonyl (C=O) groups excluding carboxylic acids is 3. The molecule has 3 rings (SSSR count). The van der Waals surface area contributed by atoms with Gasteiger partial charge in [0.25, 0.3) is 0 Å². The number of epoxide rings is 1. The second-order valence-electron chi connectivity index (χ2n) is 9.76. The molecular weight excluding hydrogens is 430 g/mol. The van der Waals surface area contributed by atoms with Crippen LogP contribution in [0, 0.1) is 11.8 Å². The lowest BCUT2D eigenvalue weighted by Crippen LogP contribution is -2.49. The first-order chi connectivity index (χ1) is 16.2. The molecule has 7 heteroatoms. The Morgan fingerprint density at radius 3 is 2.35 bits per heavy atom. The van der Waals surface area contributed by atoms with E-state index in [1.165, 1.54) is 0 Å². The van der Waals surface area contributed by atoms with Crippen LogP contribution in [0.2, 0.25) is 0 Å². The Balaban J connectivity index is 1.73. The number of nitrogens with two attached hydrogens (primary N) is 1. The molecule has 2 aromatic rings. The highest BCUT2D eigenvalue weighted by Gasteiger charge is 2.50. The molecule has 1 aromatic carbocycles. The predicted octanol–water partition coefficient (Wildman–Crippen LogP) is 2.66. The molecule has 1 aliphatic rings. The molecule has 2 heterocycles. The summed E-state index contributed by atoms with van der Waals surface area (Å²) in [5, 5.41) is 2.94. The Labute approximate surface area is 201 Å². The van der Waals surface area contributed by atoms with Crippen LogP contribution < -0.4 is 11.1 Å². The molecular formula is C27H35N3O4. The number of hydrogen-bond acceptors (Lipinski definition) is 6. The van der Waals surface area contributed by atoms with Crippen molar-refractivity contribution in [1.82, 2.24) is 10.3 Å². The van der Waals surface area contributed by atoms with Crippen LogP contribution in [0.5, 0.6) is 0 Å². The lowest BCUT2D eigenvalue weighted by atomic mass is 9.88. The molecule has 1 aliphatic heterocycles. The molecule has 0 saturated carbocycles. The van der Waals surface area contributed by atoms with E-state index in [9.17, 15) is 14.4 Å². The molecule has 4 atom stereocenters. The zero-order valence-corrected chi connectivity index (χ0v) is 20.2. The summed E-state index contributed by atoms with van der Waals surface area (Å²) < 4.78 is 5.33. The predicted molar refractivity (Wildman–Crippen MR) is 130 cm³/mol. The number of nitrogens with one attached hydrogen (secondary N) is 1. The van der Waals surface area contributed by atoms with E-state index in [1.807, 2.05) is 56.3 Å². The number of nitrogens with zero attached hydrogens (tertiary/aromatic N) is 1. The highest BCUT2D eigenvalue weighted by molar-refractivity contribution is 5.97. The first kappa shape index (κ1) is 25.7. The minimum absolute atomic E-state index is 0.00884. The van der Waals surface area contributed by atoms with Gasteiger partial charge in [-0.05, 0) is 43.4 Å². The molecule has 3 N–H and O–H groups in total. The van der Waals surface area contributed by atoms with E-state index in [2.05, 4.69) is 10.3 Å². The summed E-state index contributed by atoms with van der Waals surface area (Å²) >= 11 is 0. The van der Waals surface area contributed by atoms with E-state index >= 15 is 0 Å². The van der Waals surface area contributed by atoms with Gasteiger partial charge in [-0.3, -0.25) is 19.4 Å². The number of aromatic nitrogens is 1. The summed E-state index contributed by atoms with van der Waals surface area (Å²) in [5.74, 6) is -1.07.